The van der Waals surface area contributed by atoms with Crippen LogP contribution in [0.4, 0.5) is 0 Å². The molecule has 4 heteroatoms. The second-order valence-electron chi connectivity index (χ2n) is 4.88. The highest BCUT2D eigenvalue weighted by Crippen LogP contribution is 2.42. The first kappa shape index (κ1) is 10.6. The summed E-state index contributed by atoms with van der Waals surface area (Å²) in [5.74, 6) is 0.894. The predicted octanol–water partition coefficient (Wildman–Crippen LogP) is 0.509. The first-order valence-corrected chi connectivity index (χ1v) is 5.66. The van der Waals surface area contributed by atoms with Gasteiger partial charge in [0.2, 0.25) is 11.8 Å². The molecule has 2 aliphatic rings. The van der Waals surface area contributed by atoms with E-state index in [1.165, 1.54) is 17.7 Å². The lowest BCUT2D eigenvalue weighted by Crippen LogP contribution is -2.48. The maximum Gasteiger partial charge on any atom is 0.229 e. The molecule has 1 saturated carbocycles. The van der Waals surface area contributed by atoms with Crippen molar-refractivity contribution in [2.24, 2.45) is 17.6 Å². The van der Waals surface area contributed by atoms with Crippen LogP contribution in [0.15, 0.2) is 0 Å². The number of rotatable bonds is 3. The van der Waals surface area contributed by atoms with Gasteiger partial charge in [-0.2, -0.15) is 0 Å². The molecule has 15 heavy (non-hydrogen) atoms. The average Bonchev–Trinajstić information content (AvgIpc) is 2.93. The highest BCUT2D eigenvalue weighted by molar-refractivity contribution is 5.98. The van der Waals surface area contributed by atoms with Crippen LogP contribution < -0.4 is 5.73 Å². The summed E-state index contributed by atoms with van der Waals surface area (Å²) in [5, 5.41) is 0. The second-order valence-corrected chi connectivity index (χ2v) is 4.88. The molecule has 2 fully saturated rings. The Hall–Kier alpha value is -0.900. The van der Waals surface area contributed by atoms with Gasteiger partial charge >= 0.3 is 0 Å². The SMILES string of the molecule is CC(N)CN1C(=O)CC(C2CC2)CC1=O. The van der Waals surface area contributed by atoms with Gasteiger partial charge < -0.3 is 5.73 Å². The molecule has 0 aromatic rings. The number of likely N-dealkylation sites (tertiary alicyclic amines) is 1. The van der Waals surface area contributed by atoms with Gasteiger partial charge in [-0.05, 0) is 31.6 Å². The smallest absolute Gasteiger partial charge is 0.229 e. The number of carbonyl (C=O) groups is 2. The van der Waals surface area contributed by atoms with Crippen LogP contribution in [0, 0.1) is 11.8 Å². The van der Waals surface area contributed by atoms with Crippen LogP contribution in [0.3, 0.4) is 0 Å². The summed E-state index contributed by atoms with van der Waals surface area (Å²) in [7, 11) is 0. The van der Waals surface area contributed by atoms with E-state index in [4.69, 9.17) is 5.73 Å². The Bertz CT molecular complexity index is 266. The van der Waals surface area contributed by atoms with Crippen LogP contribution in [-0.2, 0) is 9.59 Å². The first-order chi connectivity index (χ1) is 7.08. The predicted molar refractivity (Wildman–Crippen MR) is 55.8 cm³/mol. The summed E-state index contributed by atoms with van der Waals surface area (Å²) in [4.78, 5) is 24.8. The Balaban J connectivity index is 1.97. The van der Waals surface area contributed by atoms with Gasteiger partial charge in [0.05, 0.1) is 0 Å². The van der Waals surface area contributed by atoms with Gasteiger partial charge in [-0.3, -0.25) is 14.5 Å². The van der Waals surface area contributed by atoms with E-state index in [0.717, 1.165) is 0 Å². The molecule has 0 spiro atoms. The van der Waals surface area contributed by atoms with Crippen molar-refractivity contribution >= 4 is 11.8 Å². The monoisotopic (exact) mass is 210 g/mol. The number of hydrogen-bond acceptors (Lipinski definition) is 3. The molecule has 1 atom stereocenters. The Morgan fingerprint density at radius 2 is 1.80 bits per heavy atom. The van der Waals surface area contributed by atoms with E-state index >= 15 is 0 Å². The number of amides is 2. The van der Waals surface area contributed by atoms with E-state index in [9.17, 15) is 9.59 Å². The van der Waals surface area contributed by atoms with Gasteiger partial charge in [0.25, 0.3) is 0 Å². The van der Waals surface area contributed by atoms with Crippen molar-refractivity contribution in [3.63, 3.8) is 0 Å². The van der Waals surface area contributed by atoms with Crippen molar-refractivity contribution < 1.29 is 9.59 Å². The van der Waals surface area contributed by atoms with Crippen LogP contribution in [0.1, 0.15) is 32.6 Å². The first-order valence-electron chi connectivity index (χ1n) is 5.66. The minimum Gasteiger partial charge on any atom is -0.326 e. The quantitative estimate of drug-likeness (QED) is 0.690. The molecule has 1 saturated heterocycles. The second kappa shape index (κ2) is 3.93. The number of carbonyl (C=O) groups excluding carboxylic acids is 2. The molecule has 0 aromatic carbocycles. The third kappa shape index (κ3) is 2.37. The molecule has 1 heterocycles. The van der Waals surface area contributed by atoms with Crippen LogP contribution in [0.25, 0.3) is 0 Å². The standard InChI is InChI=1S/C11H18N2O2/c1-7(12)6-13-10(14)4-9(5-11(13)15)8-2-3-8/h7-9H,2-6,12H2,1H3. The molecule has 1 unspecified atom stereocenters. The van der Waals surface area contributed by atoms with Crippen LogP contribution in [0.5, 0.6) is 0 Å². The van der Waals surface area contributed by atoms with Gasteiger partial charge in [-0.25, -0.2) is 0 Å². The maximum absolute atomic E-state index is 11.7. The average molecular weight is 210 g/mol. The molecule has 2 rings (SSSR count). The molecule has 84 valence electrons. The molecular weight excluding hydrogens is 192 g/mol. The largest absolute Gasteiger partial charge is 0.326 e. The van der Waals surface area contributed by atoms with Gasteiger partial charge in [0.1, 0.15) is 0 Å². The third-order valence-corrected chi connectivity index (χ3v) is 3.23. The normalized spacial score (nSPS) is 25.9. The van der Waals surface area contributed by atoms with Crippen molar-refractivity contribution in [1.29, 1.82) is 0 Å². The van der Waals surface area contributed by atoms with E-state index in [0.29, 0.717) is 31.2 Å². The molecule has 2 amide bonds. The van der Waals surface area contributed by atoms with Gasteiger partial charge in [0, 0.05) is 25.4 Å². The summed E-state index contributed by atoms with van der Waals surface area (Å²) < 4.78 is 0. The summed E-state index contributed by atoms with van der Waals surface area (Å²) in [5.41, 5.74) is 5.61. The highest BCUT2D eigenvalue weighted by atomic mass is 16.2. The Kier molecular flexibility index (Phi) is 2.78. The van der Waals surface area contributed by atoms with Crippen molar-refractivity contribution in [3.05, 3.63) is 0 Å². The zero-order valence-electron chi connectivity index (χ0n) is 9.11. The van der Waals surface area contributed by atoms with Crippen molar-refractivity contribution in [3.8, 4) is 0 Å². The minimum absolute atomic E-state index is 0.0274. The number of hydrogen-bond donors (Lipinski definition) is 1. The maximum atomic E-state index is 11.7. The summed E-state index contributed by atoms with van der Waals surface area (Å²) in [6, 6.07) is -0.129. The number of nitrogens with zero attached hydrogens (tertiary/aromatic N) is 1. The molecule has 1 aliphatic carbocycles. The minimum atomic E-state index is -0.129. The molecule has 1 aliphatic heterocycles. The fourth-order valence-corrected chi connectivity index (χ4v) is 2.27. The highest BCUT2D eigenvalue weighted by Gasteiger charge is 2.40. The van der Waals surface area contributed by atoms with Gasteiger partial charge in [-0.1, -0.05) is 0 Å². The Morgan fingerprint density at radius 1 is 1.27 bits per heavy atom. The van der Waals surface area contributed by atoms with Crippen LogP contribution in [-0.4, -0.2) is 29.3 Å². The van der Waals surface area contributed by atoms with E-state index in [1.54, 1.807) is 0 Å². The lowest BCUT2D eigenvalue weighted by molar-refractivity contribution is -0.150. The molecule has 0 bridgehead atoms. The Labute approximate surface area is 89.8 Å². The number of imide groups is 1. The van der Waals surface area contributed by atoms with E-state index < -0.39 is 0 Å². The number of nitrogens with two attached hydrogens (primary N) is 1. The van der Waals surface area contributed by atoms with Crippen LogP contribution >= 0.6 is 0 Å². The summed E-state index contributed by atoms with van der Waals surface area (Å²) in [6.07, 6.45) is 3.48. The Morgan fingerprint density at radius 3 is 2.20 bits per heavy atom. The topological polar surface area (TPSA) is 63.4 Å². The van der Waals surface area contributed by atoms with Crippen LogP contribution in [0.2, 0.25) is 0 Å². The van der Waals surface area contributed by atoms with E-state index in [1.807, 2.05) is 6.92 Å². The van der Waals surface area contributed by atoms with Gasteiger partial charge in [0.15, 0.2) is 0 Å². The fourth-order valence-electron chi connectivity index (χ4n) is 2.27. The van der Waals surface area contributed by atoms with Crippen molar-refractivity contribution in [2.75, 3.05) is 6.54 Å². The van der Waals surface area contributed by atoms with E-state index in [-0.39, 0.29) is 17.9 Å². The van der Waals surface area contributed by atoms with E-state index in [2.05, 4.69) is 0 Å². The fraction of sp³-hybridized carbons (Fsp3) is 0.818. The molecular formula is C11H18N2O2. The molecule has 0 radical (unpaired) electrons. The number of piperidine rings is 1. The summed E-state index contributed by atoms with van der Waals surface area (Å²) in [6.45, 7) is 2.18. The van der Waals surface area contributed by atoms with Gasteiger partial charge in [-0.15, -0.1) is 0 Å². The lowest BCUT2D eigenvalue weighted by Gasteiger charge is -2.31. The van der Waals surface area contributed by atoms with Crippen molar-refractivity contribution in [2.45, 2.75) is 38.6 Å². The lowest BCUT2D eigenvalue weighted by atomic mass is 9.91. The van der Waals surface area contributed by atoms with Crippen molar-refractivity contribution in [1.82, 2.24) is 4.90 Å². The molecule has 0 aromatic heterocycles. The zero-order valence-corrected chi connectivity index (χ0v) is 9.11. The zero-order chi connectivity index (χ0) is 11.0. The summed E-state index contributed by atoms with van der Waals surface area (Å²) >= 11 is 0. The molecule has 4 nitrogen and oxygen atoms in total. The molecule has 2 N–H and O–H groups in total. The third-order valence-electron chi connectivity index (χ3n) is 3.23.